The summed E-state index contributed by atoms with van der Waals surface area (Å²) in [5, 5.41) is 4.06. The molecule has 2 aromatic heterocycles. The molecule has 0 spiro atoms. The highest BCUT2D eigenvalue weighted by molar-refractivity contribution is 5.93. The fourth-order valence-corrected chi connectivity index (χ4v) is 3.34. The highest BCUT2D eigenvalue weighted by atomic mass is 19.1. The highest BCUT2D eigenvalue weighted by Gasteiger charge is 2.27. The molecular weight excluding hydrogens is 359 g/mol. The number of halogens is 1. The van der Waals surface area contributed by atoms with Gasteiger partial charge in [-0.05, 0) is 23.8 Å². The minimum Gasteiger partial charge on any atom is -0.368 e. The summed E-state index contributed by atoms with van der Waals surface area (Å²) in [5.74, 6) is -0.305. The van der Waals surface area contributed by atoms with Crippen molar-refractivity contribution < 1.29 is 13.9 Å². The van der Waals surface area contributed by atoms with Crippen molar-refractivity contribution in [3.8, 4) is 0 Å². The number of benzene rings is 1. The number of amides is 1. The van der Waals surface area contributed by atoms with E-state index in [4.69, 9.17) is 4.74 Å². The zero-order valence-corrected chi connectivity index (χ0v) is 15.6. The molecule has 3 aromatic rings. The highest BCUT2D eigenvalue weighted by Crippen LogP contribution is 2.23. The van der Waals surface area contributed by atoms with Crippen LogP contribution >= 0.6 is 0 Å². The molecule has 0 N–H and O–H groups in total. The van der Waals surface area contributed by atoms with Gasteiger partial charge in [0.05, 0.1) is 30.6 Å². The minimum absolute atomic E-state index is 0.0658. The number of aromatic nitrogens is 3. The summed E-state index contributed by atoms with van der Waals surface area (Å²) in [4.78, 5) is 19.1. The number of hydrogen-bond acceptors (Lipinski definition) is 4. The van der Waals surface area contributed by atoms with Gasteiger partial charge in [0.25, 0.3) is 5.91 Å². The molecule has 0 aliphatic carbocycles. The van der Waals surface area contributed by atoms with Crippen molar-refractivity contribution in [2.75, 3.05) is 19.7 Å². The van der Waals surface area contributed by atoms with E-state index >= 15 is 0 Å². The van der Waals surface area contributed by atoms with Gasteiger partial charge in [-0.25, -0.2) is 4.39 Å². The van der Waals surface area contributed by atoms with Crippen molar-refractivity contribution in [3.63, 3.8) is 0 Å². The second-order valence-electron chi connectivity index (χ2n) is 6.84. The first-order valence-electron chi connectivity index (χ1n) is 9.19. The van der Waals surface area contributed by atoms with Gasteiger partial charge in [0.1, 0.15) is 11.9 Å². The van der Waals surface area contributed by atoms with Crippen LogP contribution in [-0.4, -0.2) is 45.3 Å². The van der Waals surface area contributed by atoms with E-state index in [1.807, 2.05) is 24.3 Å². The third-order valence-electron chi connectivity index (χ3n) is 4.79. The predicted molar refractivity (Wildman–Crippen MR) is 101 cm³/mol. The van der Waals surface area contributed by atoms with Gasteiger partial charge in [-0.3, -0.25) is 14.5 Å². The summed E-state index contributed by atoms with van der Waals surface area (Å²) in [7, 11) is 1.78. The van der Waals surface area contributed by atoms with E-state index in [2.05, 4.69) is 10.1 Å². The van der Waals surface area contributed by atoms with Gasteiger partial charge in [-0.15, -0.1) is 0 Å². The molecule has 1 amide bonds. The van der Waals surface area contributed by atoms with Gasteiger partial charge in [0.15, 0.2) is 0 Å². The molecule has 1 fully saturated rings. The number of rotatable bonds is 4. The largest absolute Gasteiger partial charge is 0.368 e. The summed E-state index contributed by atoms with van der Waals surface area (Å²) in [5.41, 5.74) is 2.67. The van der Waals surface area contributed by atoms with Crippen molar-refractivity contribution in [3.05, 3.63) is 83.2 Å². The van der Waals surface area contributed by atoms with E-state index in [1.54, 1.807) is 41.2 Å². The Balaban J connectivity index is 1.49. The average Bonchev–Trinajstić information content (AvgIpc) is 3.16. The average molecular weight is 380 g/mol. The Kier molecular flexibility index (Phi) is 5.16. The molecule has 0 saturated carbocycles. The molecule has 28 heavy (non-hydrogen) atoms. The Bertz CT molecular complexity index is 988. The molecule has 1 aromatic carbocycles. The maximum atomic E-state index is 13.9. The van der Waals surface area contributed by atoms with Gasteiger partial charge in [-0.2, -0.15) is 5.10 Å². The number of carbonyl (C=O) groups is 1. The maximum Gasteiger partial charge on any atom is 0.257 e. The molecule has 144 valence electrons. The van der Waals surface area contributed by atoms with Crippen LogP contribution in [0.4, 0.5) is 4.39 Å². The molecule has 0 bridgehead atoms. The van der Waals surface area contributed by atoms with Crippen molar-refractivity contribution in [2.45, 2.75) is 12.5 Å². The Labute approximate surface area is 162 Å². The van der Waals surface area contributed by atoms with Crippen molar-refractivity contribution in [1.82, 2.24) is 19.7 Å². The fraction of sp³-hybridized carbons (Fsp3) is 0.286. The number of aryl methyl sites for hydroxylation is 1. The summed E-state index contributed by atoms with van der Waals surface area (Å²) < 4.78 is 21.4. The zero-order valence-electron chi connectivity index (χ0n) is 15.6. The lowest BCUT2D eigenvalue weighted by Gasteiger charge is -2.32. The lowest BCUT2D eigenvalue weighted by atomic mass is 10.1. The Morgan fingerprint density at radius 3 is 2.89 bits per heavy atom. The Morgan fingerprint density at radius 2 is 2.11 bits per heavy atom. The molecule has 1 aliphatic rings. The first kappa shape index (κ1) is 18.3. The minimum atomic E-state index is -0.310. The molecule has 1 saturated heterocycles. The second kappa shape index (κ2) is 7.90. The quantitative estimate of drug-likeness (QED) is 0.698. The normalized spacial score (nSPS) is 16.9. The molecule has 0 unspecified atom stereocenters. The summed E-state index contributed by atoms with van der Waals surface area (Å²) in [6.07, 6.45) is 3.38. The van der Waals surface area contributed by atoms with Crippen LogP contribution in [0.2, 0.25) is 0 Å². The lowest BCUT2D eigenvalue weighted by Crippen LogP contribution is -2.42. The van der Waals surface area contributed by atoms with Crippen LogP contribution in [0.5, 0.6) is 0 Å². The summed E-state index contributed by atoms with van der Waals surface area (Å²) >= 11 is 0. The number of ether oxygens (including phenoxy) is 1. The molecule has 6 nitrogen and oxygen atoms in total. The van der Waals surface area contributed by atoms with E-state index in [9.17, 15) is 9.18 Å². The smallest absolute Gasteiger partial charge is 0.257 e. The standard InChI is InChI=1S/C21H21FN4O2/c1-25-13-16(12-23-25)21(27)26-9-10-28-20(14-26)19-8-4-6-17(24-19)11-15-5-2-3-7-18(15)22/h2-8,12-13,20H,9-11,14H2,1H3/t20-/m1/s1. The summed E-state index contributed by atoms with van der Waals surface area (Å²) in [6, 6.07) is 12.3. The molecule has 7 heteroatoms. The third-order valence-corrected chi connectivity index (χ3v) is 4.79. The van der Waals surface area contributed by atoms with Crippen LogP contribution in [0, 0.1) is 5.82 Å². The maximum absolute atomic E-state index is 13.9. The van der Waals surface area contributed by atoms with Gasteiger partial charge >= 0.3 is 0 Å². The lowest BCUT2D eigenvalue weighted by molar-refractivity contribution is -0.0248. The van der Waals surface area contributed by atoms with E-state index in [0.29, 0.717) is 37.2 Å². The molecular formula is C21H21FN4O2. The first-order chi connectivity index (χ1) is 13.6. The SMILES string of the molecule is Cn1cc(C(=O)N2CCO[C@@H](c3cccc(Cc4ccccc4F)n3)C2)cn1. The zero-order chi connectivity index (χ0) is 19.5. The van der Waals surface area contributed by atoms with Crippen LogP contribution in [0.15, 0.2) is 54.9 Å². The Morgan fingerprint density at radius 1 is 1.25 bits per heavy atom. The monoisotopic (exact) mass is 380 g/mol. The number of nitrogens with zero attached hydrogens (tertiary/aromatic N) is 4. The van der Waals surface area contributed by atoms with Crippen LogP contribution in [-0.2, 0) is 18.2 Å². The molecule has 1 atom stereocenters. The van der Waals surface area contributed by atoms with Gasteiger partial charge in [0.2, 0.25) is 0 Å². The topological polar surface area (TPSA) is 60.2 Å². The third kappa shape index (κ3) is 3.94. The fourth-order valence-electron chi connectivity index (χ4n) is 3.34. The van der Waals surface area contributed by atoms with Gasteiger partial charge < -0.3 is 9.64 Å². The number of carbonyl (C=O) groups excluding carboxylic acids is 1. The van der Waals surface area contributed by atoms with Gasteiger partial charge in [0, 0.05) is 31.9 Å². The van der Waals surface area contributed by atoms with Crippen molar-refractivity contribution in [1.29, 1.82) is 0 Å². The van der Waals surface area contributed by atoms with Crippen LogP contribution in [0.3, 0.4) is 0 Å². The van der Waals surface area contributed by atoms with Crippen molar-refractivity contribution >= 4 is 5.91 Å². The van der Waals surface area contributed by atoms with Crippen LogP contribution < -0.4 is 0 Å². The Hall–Kier alpha value is -3.06. The van der Waals surface area contributed by atoms with Crippen LogP contribution in [0.25, 0.3) is 0 Å². The summed E-state index contributed by atoms with van der Waals surface area (Å²) in [6.45, 7) is 1.39. The van der Waals surface area contributed by atoms with Gasteiger partial charge in [-0.1, -0.05) is 24.3 Å². The second-order valence-corrected chi connectivity index (χ2v) is 6.84. The number of pyridine rings is 1. The first-order valence-corrected chi connectivity index (χ1v) is 9.19. The molecule has 3 heterocycles. The molecule has 4 rings (SSSR count). The van der Waals surface area contributed by atoms with Crippen molar-refractivity contribution in [2.24, 2.45) is 7.05 Å². The van der Waals surface area contributed by atoms with E-state index in [0.717, 1.165) is 11.4 Å². The van der Waals surface area contributed by atoms with E-state index in [-0.39, 0.29) is 17.8 Å². The van der Waals surface area contributed by atoms with E-state index in [1.165, 1.54) is 6.07 Å². The van der Waals surface area contributed by atoms with Crippen LogP contribution in [0.1, 0.15) is 33.4 Å². The molecule has 0 radical (unpaired) electrons. The number of hydrogen-bond donors (Lipinski definition) is 0. The molecule has 1 aliphatic heterocycles. The van der Waals surface area contributed by atoms with E-state index < -0.39 is 0 Å². The number of morpholine rings is 1. The predicted octanol–water partition coefficient (Wildman–Crippen LogP) is 2.76.